The molecule has 2 aromatic heterocycles. The Hall–Kier alpha value is -3.76. The zero-order chi connectivity index (χ0) is 28.3. The Labute approximate surface area is 246 Å². The van der Waals surface area contributed by atoms with Crippen molar-refractivity contribution < 1.29 is 49.3 Å². The van der Waals surface area contributed by atoms with Crippen LogP contribution in [0.5, 0.6) is 0 Å². The Bertz CT molecular complexity index is 1420. The largest absolute Gasteiger partial charge is 4.00 e. The number of aryl methyl sites for hydroxylation is 1. The fraction of sp³-hybridized carbons (Fsp3) is 0.143. The second-order valence-corrected chi connectivity index (χ2v) is 9.82. The topological polar surface area (TPSA) is 168 Å². The molecule has 208 valence electrons. The van der Waals surface area contributed by atoms with E-state index in [-0.39, 0.29) is 32.4 Å². The van der Waals surface area contributed by atoms with Crippen molar-refractivity contribution in [3.8, 4) is 11.4 Å². The smallest absolute Gasteiger partial charge is 0.665 e. The number of carboxylic acid groups (broad SMARTS) is 2. The van der Waals surface area contributed by atoms with Gasteiger partial charge < -0.3 is 29.8 Å². The fourth-order valence-electron chi connectivity index (χ4n) is 3.27. The molecule has 40 heavy (non-hydrogen) atoms. The molecule has 0 fully saturated rings. The van der Waals surface area contributed by atoms with Crippen LogP contribution in [0.4, 0.5) is 0 Å². The summed E-state index contributed by atoms with van der Waals surface area (Å²) in [5.41, 5.74) is 3.19. The van der Waals surface area contributed by atoms with Gasteiger partial charge in [-0.15, -0.1) is 0 Å². The molecule has 0 saturated heterocycles. The summed E-state index contributed by atoms with van der Waals surface area (Å²) in [6.07, 6.45) is 1.16. The van der Waals surface area contributed by atoms with E-state index in [1.165, 1.54) is 24.3 Å². The molecule has 4 aromatic rings. The summed E-state index contributed by atoms with van der Waals surface area (Å²) in [5.74, 6) is -3.57. The van der Waals surface area contributed by atoms with Gasteiger partial charge in [-0.3, -0.25) is 9.97 Å². The Morgan fingerprint density at radius 1 is 0.775 bits per heavy atom. The maximum absolute atomic E-state index is 12.3. The van der Waals surface area contributed by atoms with Gasteiger partial charge in [-0.05, 0) is 55.3 Å². The molecule has 0 aliphatic heterocycles. The summed E-state index contributed by atoms with van der Waals surface area (Å²) in [7, 11) is -4.37. The van der Waals surface area contributed by atoms with Crippen molar-refractivity contribution in [2.24, 2.45) is 0 Å². The Kier molecular flexibility index (Phi) is 12.8. The molecule has 0 radical (unpaired) electrons. The third-order valence-corrected chi connectivity index (χ3v) is 6.57. The van der Waals surface area contributed by atoms with Crippen LogP contribution < -0.4 is 10.2 Å². The maximum Gasteiger partial charge on any atom is 4.00 e. The van der Waals surface area contributed by atoms with Crippen LogP contribution in [0.2, 0.25) is 0 Å². The summed E-state index contributed by atoms with van der Waals surface area (Å²) >= 11 is 0. The summed E-state index contributed by atoms with van der Waals surface area (Å²) in [6.45, 7) is 1.75. The van der Waals surface area contributed by atoms with Crippen molar-refractivity contribution in [1.29, 1.82) is 0 Å². The fourth-order valence-corrected chi connectivity index (χ4v) is 4.27. The molecule has 10 nitrogen and oxygen atoms in total. The van der Waals surface area contributed by atoms with E-state index in [0.29, 0.717) is 5.56 Å². The minimum atomic E-state index is -4.37. The third kappa shape index (κ3) is 10.1. The second kappa shape index (κ2) is 15.7. The van der Waals surface area contributed by atoms with Gasteiger partial charge in [0.15, 0.2) is 0 Å². The van der Waals surface area contributed by atoms with E-state index in [1.54, 1.807) is 49.6 Å². The van der Waals surface area contributed by atoms with Crippen molar-refractivity contribution in [3.05, 3.63) is 125 Å². The maximum atomic E-state index is 12.3. The number of benzene rings is 2. The molecule has 12 heteroatoms. The van der Waals surface area contributed by atoms with E-state index in [9.17, 15) is 28.2 Å². The monoisotopic (exact) mass is 739 g/mol. The van der Waals surface area contributed by atoms with Gasteiger partial charge in [-0.25, -0.2) is 8.42 Å². The number of carbonyl (C=O) groups is 2. The number of sulfonamides is 1. The number of hydrogen-bond donors (Lipinski definition) is 0. The van der Waals surface area contributed by atoms with Gasteiger partial charge in [0.1, 0.15) is 10.0 Å². The molecule has 0 spiro atoms. The summed E-state index contributed by atoms with van der Waals surface area (Å²) in [6, 6.07) is 23.9. The zero-order valence-electron chi connectivity index (χ0n) is 21.1. The van der Waals surface area contributed by atoms with E-state index in [0.717, 1.165) is 17.0 Å². The Morgan fingerprint density at radius 3 is 1.75 bits per heavy atom. The minimum Gasteiger partial charge on any atom is -0.665 e. The predicted molar refractivity (Wildman–Crippen MR) is 140 cm³/mol. The van der Waals surface area contributed by atoms with E-state index < -0.39 is 34.2 Å². The summed E-state index contributed by atoms with van der Waals surface area (Å²) in [5, 5.41) is 26.2. The number of carboxylic acids is 2. The van der Waals surface area contributed by atoms with E-state index in [2.05, 4.69) is 20.0 Å². The first-order chi connectivity index (χ1) is 18.7. The van der Waals surface area contributed by atoms with Crippen LogP contribution in [0.25, 0.3) is 21.4 Å². The minimum absolute atomic E-state index is 0. The molecule has 2 heterocycles. The van der Waals surface area contributed by atoms with Gasteiger partial charge >= 0.3 is 21.1 Å². The second-order valence-electron chi connectivity index (χ2n) is 8.19. The average molecular weight is 740 g/mol. The SMILES string of the molecule is Cc1ccc(S(=O)(=O)[N-]C([N-][C@H](Cc2ccccc2)C(=O)[O-])C(=O)[O-])cc1.[Pt+4].c1ccc(-c2ccccn2)nc1. The molecule has 1 unspecified atom stereocenters. The number of pyridine rings is 2. The average Bonchev–Trinajstić information content (AvgIpc) is 2.94. The quantitative estimate of drug-likeness (QED) is 0.238. The number of carbonyl (C=O) groups excluding carboxylic acids is 2. The van der Waals surface area contributed by atoms with Gasteiger partial charge in [0, 0.05) is 29.2 Å². The van der Waals surface area contributed by atoms with Crippen molar-refractivity contribution in [2.45, 2.75) is 30.4 Å². The molecule has 0 bridgehead atoms. The molecule has 2 aromatic carbocycles. The van der Waals surface area contributed by atoms with Gasteiger partial charge in [-0.2, -0.15) is 6.17 Å². The zero-order valence-corrected chi connectivity index (χ0v) is 24.2. The molecule has 2 atom stereocenters. The number of aliphatic carboxylic acids is 2. The van der Waals surface area contributed by atoms with Crippen LogP contribution in [0.3, 0.4) is 0 Å². The van der Waals surface area contributed by atoms with E-state index in [4.69, 9.17) is 0 Å². The summed E-state index contributed by atoms with van der Waals surface area (Å²) in [4.78, 5) is 30.8. The van der Waals surface area contributed by atoms with Gasteiger partial charge in [0.05, 0.1) is 11.4 Å². The predicted octanol–water partition coefficient (Wildman–Crippen LogP) is 2.01. The van der Waals surface area contributed by atoms with Crippen LogP contribution in [0.15, 0.2) is 108 Å². The van der Waals surface area contributed by atoms with Crippen LogP contribution in [0.1, 0.15) is 11.1 Å². The first kappa shape index (κ1) is 32.5. The number of aromatic nitrogens is 2. The first-order valence-electron chi connectivity index (χ1n) is 11.7. The molecular weight excluding hydrogens is 715 g/mol. The van der Waals surface area contributed by atoms with Crippen molar-refractivity contribution in [1.82, 2.24) is 9.97 Å². The molecule has 4 rings (SSSR count). The Balaban J connectivity index is 0.000000358. The number of rotatable bonds is 10. The van der Waals surface area contributed by atoms with Crippen molar-refractivity contribution >= 4 is 22.0 Å². The molecule has 0 aliphatic rings. The molecule has 0 saturated carbocycles. The number of nitrogens with zero attached hydrogens (tertiary/aromatic N) is 4. The van der Waals surface area contributed by atoms with Gasteiger partial charge in [0.2, 0.25) is 0 Å². The van der Waals surface area contributed by atoms with E-state index in [1.807, 2.05) is 36.4 Å². The Morgan fingerprint density at radius 2 is 1.30 bits per heavy atom. The molecule has 0 N–H and O–H groups in total. The molecule has 0 amide bonds. The van der Waals surface area contributed by atoms with Crippen LogP contribution in [0, 0.1) is 6.92 Å². The van der Waals surface area contributed by atoms with Crippen molar-refractivity contribution in [3.63, 3.8) is 0 Å². The van der Waals surface area contributed by atoms with E-state index >= 15 is 0 Å². The van der Waals surface area contributed by atoms with Crippen molar-refractivity contribution in [2.75, 3.05) is 0 Å². The van der Waals surface area contributed by atoms with Crippen LogP contribution >= 0.6 is 0 Å². The molecule has 0 aliphatic carbocycles. The summed E-state index contributed by atoms with van der Waals surface area (Å²) < 4.78 is 27.8. The van der Waals surface area contributed by atoms with Gasteiger partial charge in [0.25, 0.3) is 0 Å². The van der Waals surface area contributed by atoms with Gasteiger partial charge in [-0.1, -0.05) is 66.2 Å². The number of hydrogen-bond acceptors (Lipinski definition) is 8. The molecular formula is C28H24N4O6PtS. The third-order valence-electron chi connectivity index (χ3n) is 5.23. The standard InChI is InChI=1S/C18H18N2O6S.C10H8N2.Pt/c1-12-7-9-14(10-8-12)27(25,26)20-16(18(23)24)19-15(17(21)22)11-13-5-3-2-4-6-13;1-3-7-11-9(5-1)10-6-2-4-8-12-10;/h2-10,15-16H,11H2,1H3,(H,21,22)(H,23,24);1-8H;/q-2;;+4/p-2/t15-,16?;;/m1../s1. The first-order valence-corrected chi connectivity index (χ1v) is 13.1. The normalized spacial score (nSPS) is 12.1. The van der Waals surface area contributed by atoms with Crippen LogP contribution in [-0.4, -0.2) is 42.5 Å². The van der Waals surface area contributed by atoms with Crippen LogP contribution in [-0.2, 0) is 47.1 Å².